The molecule has 0 radical (unpaired) electrons. The van der Waals surface area contributed by atoms with Crippen molar-refractivity contribution in [2.24, 2.45) is 5.73 Å². The van der Waals surface area contributed by atoms with E-state index in [2.05, 4.69) is 9.97 Å². The Morgan fingerprint density at radius 2 is 1.93 bits per heavy atom. The predicted octanol–water partition coefficient (Wildman–Crippen LogP) is 1.90. The molecular formula is C20H24BN5O3. The molecule has 2 aromatic rings. The van der Waals surface area contributed by atoms with E-state index in [9.17, 15) is 9.59 Å². The summed E-state index contributed by atoms with van der Waals surface area (Å²) in [6.45, 7) is 0.709. The van der Waals surface area contributed by atoms with Gasteiger partial charge < -0.3 is 15.3 Å². The number of urea groups is 1. The van der Waals surface area contributed by atoms with E-state index < -0.39 is 5.54 Å². The molecule has 29 heavy (non-hydrogen) atoms. The molecule has 2 N–H and O–H groups in total. The molecule has 150 valence electrons. The van der Waals surface area contributed by atoms with Gasteiger partial charge >= 0.3 is 6.03 Å². The number of hydrogen-bond donors (Lipinski definition) is 1. The molecule has 3 amide bonds. The Bertz CT molecular complexity index is 859. The maximum absolute atomic E-state index is 13.5. The number of imide groups is 1. The van der Waals surface area contributed by atoms with E-state index in [0.29, 0.717) is 37.7 Å². The minimum atomic E-state index is -0.851. The van der Waals surface area contributed by atoms with Gasteiger partial charge in [0.05, 0.1) is 25.5 Å². The number of nitrogens with zero attached hydrogens (tertiary/aromatic N) is 4. The number of hydrogen-bond acceptors (Lipinski definition) is 6. The Labute approximate surface area is 170 Å². The highest BCUT2D eigenvalue weighted by atomic mass is 16.4. The molecule has 2 aliphatic heterocycles. The van der Waals surface area contributed by atoms with Gasteiger partial charge in [-0.2, -0.15) is 0 Å². The van der Waals surface area contributed by atoms with Crippen molar-refractivity contribution in [2.75, 3.05) is 6.73 Å². The summed E-state index contributed by atoms with van der Waals surface area (Å²) in [5.74, 6) is -0.150. The molecule has 0 aromatic carbocycles. The minimum Gasteiger partial charge on any atom is -0.424 e. The Hall–Kier alpha value is -2.78. The highest BCUT2D eigenvalue weighted by Gasteiger charge is 2.58. The van der Waals surface area contributed by atoms with E-state index in [1.165, 1.54) is 4.90 Å². The van der Waals surface area contributed by atoms with Crippen LogP contribution in [0.4, 0.5) is 4.79 Å². The summed E-state index contributed by atoms with van der Waals surface area (Å²) in [4.78, 5) is 38.3. The van der Waals surface area contributed by atoms with Crippen LogP contribution in [0, 0.1) is 0 Å². The summed E-state index contributed by atoms with van der Waals surface area (Å²) in [6.07, 6.45) is 7.59. The third-order valence-corrected chi connectivity index (χ3v) is 5.82. The highest BCUT2D eigenvalue weighted by molar-refractivity contribution is 6.52. The zero-order chi connectivity index (χ0) is 20.3. The molecule has 2 aromatic heterocycles. The Kier molecular flexibility index (Phi) is 5.59. The lowest BCUT2D eigenvalue weighted by Crippen LogP contribution is -2.53. The topological polar surface area (TPSA) is 102 Å². The molecule has 0 atom stereocenters. The minimum absolute atomic E-state index is 0.0265. The molecule has 1 spiro atoms. The summed E-state index contributed by atoms with van der Waals surface area (Å²) >= 11 is 0. The Balaban J connectivity index is 1.62. The number of pyridine rings is 2. The lowest BCUT2D eigenvalue weighted by atomic mass is 9.52. The first-order valence-corrected chi connectivity index (χ1v) is 9.88. The molecule has 2 saturated heterocycles. The van der Waals surface area contributed by atoms with Crippen LogP contribution >= 0.6 is 0 Å². The van der Waals surface area contributed by atoms with Crippen LogP contribution in [-0.4, -0.2) is 50.9 Å². The van der Waals surface area contributed by atoms with Crippen molar-refractivity contribution >= 4 is 18.9 Å². The number of nitrogens with two attached hydrogens (primary N) is 1. The van der Waals surface area contributed by atoms with Gasteiger partial charge in [-0.15, -0.1) is 0 Å². The number of rotatable bonds is 6. The standard InChI is InChI=1S/C20H24BN5O3/c22-15-29-21-8-6-20(7-9-21)18(27)25(14-17-5-1-2-11-24-17)19(28)26(20)13-16-4-3-10-23-12-16/h1-5,10-12H,6-9,13-15,22H2. The van der Waals surface area contributed by atoms with Crippen LogP contribution in [-0.2, 0) is 22.5 Å². The Morgan fingerprint density at radius 3 is 2.59 bits per heavy atom. The molecule has 8 nitrogen and oxygen atoms in total. The highest BCUT2D eigenvalue weighted by Crippen LogP contribution is 2.42. The number of carbonyl (C=O) groups excluding carboxylic acids is 2. The first-order valence-electron chi connectivity index (χ1n) is 9.88. The normalized spacial score (nSPS) is 18.7. The van der Waals surface area contributed by atoms with Crippen molar-refractivity contribution in [1.82, 2.24) is 19.8 Å². The van der Waals surface area contributed by atoms with Crippen LogP contribution in [0.15, 0.2) is 48.9 Å². The van der Waals surface area contributed by atoms with Crippen molar-refractivity contribution in [1.29, 1.82) is 0 Å². The van der Waals surface area contributed by atoms with Gasteiger partial charge in [0.15, 0.2) is 0 Å². The molecular weight excluding hydrogens is 369 g/mol. The summed E-state index contributed by atoms with van der Waals surface area (Å²) in [5, 5.41) is 0. The fraction of sp³-hybridized carbons (Fsp3) is 0.400. The van der Waals surface area contributed by atoms with Crippen molar-refractivity contribution in [3.05, 3.63) is 60.2 Å². The van der Waals surface area contributed by atoms with E-state index >= 15 is 0 Å². The molecule has 0 bridgehead atoms. The average molecular weight is 393 g/mol. The van der Waals surface area contributed by atoms with Crippen LogP contribution in [0.5, 0.6) is 0 Å². The molecule has 0 saturated carbocycles. The smallest absolute Gasteiger partial charge is 0.328 e. The van der Waals surface area contributed by atoms with Gasteiger partial charge in [-0.3, -0.25) is 19.7 Å². The van der Waals surface area contributed by atoms with E-state index in [-0.39, 0.29) is 32.1 Å². The first kappa shape index (κ1) is 19.5. The van der Waals surface area contributed by atoms with Gasteiger partial charge in [-0.1, -0.05) is 12.1 Å². The molecule has 4 rings (SSSR count). The van der Waals surface area contributed by atoms with E-state index in [4.69, 9.17) is 10.4 Å². The summed E-state index contributed by atoms with van der Waals surface area (Å²) in [5.41, 5.74) is 6.25. The number of aromatic nitrogens is 2. The maximum Gasteiger partial charge on any atom is 0.328 e. The molecule has 9 heteroatoms. The number of amides is 3. The van der Waals surface area contributed by atoms with Crippen molar-refractivity contribution in [2.45, 2.75) is 44.1 Å². The molecule has 2 aliphatic rings. The molecule has 2 fully saturated rings. The second-order valence-electron chi connectivity index (χ2n) is 7.51. The zero-order valence-corrected chi connectivity index (χ0v) is 16.2. The summed E-state index contributed by atoms with van der Waals surface area (Å²) in [6, 6.07) is 8.97. The average Bonchev–Trinajstić information content (AvgIpc) is 2.94. The van der Waals surface area contributed by atoms with Crippen LogP contribution < -0.4 is 5.73 Å². The zero-order valence-electron chi connectivity index (χ0n) is 16.2. The van der Waals surface area contributed by atoms with Gasteiger partial charge in [0.25, 0.3) is 12.8 Å². The third kappa shape index (κ3) is 3.75. The fourth-order valence-electron chi connectivity index (χ4n) is 4.32. The van der Waals surface area contributed by atoms with E-state index in [1.54, 1.807) is 23.5 Å². The lowest BCUT2D eigenvalue weighted by Gasteiger charge is -2.39. The molecule has 4 heterocycles. The SMILES string of the molecule is NCOB1CCC2(CC1)C(=O)N(Cc1ccccn1)C(=O)N2Cc1cccnc1. The van der Waals surface area contributed by atoms with Gasteiger partial charge in [0, 0.05) is 18.6 Å². The quantitative estimate of drug-likeness (QED) is 0.457. The Morgan fingerprint density at radius 1 is 1.10 bits per heavy atom. The maximum atomic E-state index is 13.5. The van der Waals surface area contributed by atoms with Crippen LogP contribution in [0.2, 0.25) is 12.6 Å². The monoisotopic (exact) mass is 393 g/mol. The molecule has 0 aliphatic carbocycles. The van der Waals surface area contributed by atoms with Gasteiger partial charge in [0.1, 0.15) is 5.54 Å². The predicted molar refractivity (Wildman–Crippen MR) is 107 cm³/mol. The second-order valence-corrected chi connectivity index (χ2v) is 7.51. The van der Waals surface area contributed by atoms with Crippen LogP contribution in [0.25, 0.3) is 0 Å². The van der Waals surface area contributed by atoms with Crippen LogP contribution in [0.3, 0.4) is 0 Å². The van der Waals surface area contributed by atoms with Crippen LogP contribution in [0.1, 0.15) is 24.1 Å². The summed E-state index contributed by atoms with van der Waals surface area (Å²) < 4.78 is 5.55. The first-order chi connectivity index (χ1) is 14.1. The number of carbonyl (C=O) groups is 2. The van der Waals surface area contributed by atoms with Crippen molar-refractivity contribution in [3.8, 4) is 0 Å². The fourth-order valence-corrected chi connectivity index (χ4v) is 4.32. The summed E-state index contributed by atoms with van der Waals surface area (Å²) in [7, 11) is 0. The molecule has 0 unspecified atom stereocenters. The lowest BCUT2D eigenvalue weighted by molar-refractivity contribution is -0.134. The van der Waals surface area contributed by atoms with Gasteiger partial charge in [-0.25, -0.2) is 4.79 Å². The third-order valence-electron chi connectivity index (χ3n) is 5.82. The van der Waals surface area contributed by atoms with Gasteiger partial charge in [-0.05, 0) is 49.2 Å². The largest absolute Gasteiger partial charge is 0.424 e. The van der Waals surface area contributed by atoms with Gasteiger partial charge in [0.2, 0.25) is 0 Å². The van der Waals surface area contributed by atoms with Crippen molar-refractivity contribution in [3.63, 3.8) is 0 Å². The second kappa shape index (κ2) is 8.30. The van der Waals surface area contributed by atoms with E-state index in [0.717, 1.165) is 5.56 Å². The van der Waals surface area contributed by atoms with Crippen molar-refractivity contribution < 1.29 is 14.2 Å². The van der Waals surface area contributed by atoms with E-state index in [1.807, 2.05) is 30.3 Å².